The van der Waals surface area contributed by atoms with Crippen molar-refractivity contribution in [3.05, 3.63) is 64.2 Å². The van der Waals surface area contributed by atoms with Gasteiger partial charge in [0.25, 0.3) is 0 Å². The number of hydrogen-bond acceptors (Lipinski definition) is 4. The first-order chi connectivity index (χ1) is 14.1. The highest BCUT2D eigenvalue weighted by Crippen LogP contribution is 2.26. The third kappa shape index (κ3) is 3.96. The summed E-state index contributed by atoms with van der Waals surface area (Å²) in [5.41, 5.74) is 2.54. The van der Waals surface area contributed by atoms with Crippen LogP contribution >= 0.6 is 0 Å². The van der Waals surface area contributed by atoms with Crippen LogP contribution in [-0.2, 0) is 17.9 Å². The molecule has 0 unspecified atom stereocenters. The summed E-state index contributed by atoms with van der Waals surface area (Å²) < 4.78 is 3.67. The normalized spacial score (nSPS) is 17.0. The first kappa shape index (κ1) is 19.4. The zero-order chi connectivity index (χ0) is 20.4. The van der Waals surface area contributed by atoms with Crippen molar-refractivity contribution >= 4 is 16.8 Å². The van der Waals surface area contributed by atoms with Gasteiger partial charge in [0.2, 0.25) is 5.91 Å². The number of aliphatic hydroxyl groups excluding tert-OH is 1. The lowest BCUT2D eigenvalue weighted by atomic mass is 9.95. The number of carbonyl (C=O) groups excluding carboxylic acids is 1. The molecular formula is C22H26N4O3. The van der Waals surface area contributed by atoms with Gasteiger partial charge in [0.05, 0.1) is 24.4 Å². The van der Waals surface area contributed by atoms with Crippen LogP contribution in [0.2, 0.25) is 0 Å². The van der Waals surface area contributed by atoms with Crippen molar-refractivity contribution in [3.63, 3.8) is 0 Å². The number of para-hydroxylation sites is 1. The van der Waals surface area contributed by atoms with E-state index in [2.05, 4.69) is 5.10 Å². The third-order valence-corrected chi connectivity index (χ3v) is 5.70. The number of fused-ring (bicyclic) bond motifs is 1. The van der Waals surface area contributed by atoms with Gasteiger partial charge < -0.3 is 14.6 Å². The van der Waals surface area contributed by atoms with Crippen molar-refractivity contribution in [2.75, 3.05) is 19.7 Å². The van der Waals surface area contributed by atoms with Crippen LogP contribution in [0.1, 0.15) is 30.1 Å². The van der Waals surface area contributed by atoms with Crippen LogP contribution < -0.4 is 5.43 Å². The maximum Gasteiger partial charge on any atom is 0.242 e. The van der Waals surface area contributed by atoms with Crippen LogP contribution in [0.5, 0.6) is 0 Å². The Morgan fingerprint density at radius 2 is 2.10 bits per heavy atom. The standard InChI is InChI=1S/C22H26N4O3/c1-16-13-21(28)18-6-2-3-7-20(18)26(16)15-22(29)24-9-4-5-17(14-24)19-8-10-25(23-19)11-12-27/h2-3,6-8,10,13,17,27H,4-5,9,11-12,14-15H2,1H3/t17-/m0/s1. The summed E-state index contributed by atoms with van der Waals surface area (Å²) in [7, 11) is 0. The summed E-state index contributed by atoms with van der Waals surface area (Å²) in [5, 5.41) is 14.3. The number of aromatic nitrogens is 3. The van der Waals surface area contributed by atoms with Gasteiger partial charge in [0, 0.05) is 42.4 Å². The van der Waals surface area contributed by atoms with E-state index in [9.17, 15) is 9.59 Å². The fourth-order valence-corrected chi connectivity index (χ4v) is 4.17. The topological polar surface area (TPSA) is 80.4 Å². The van der Waals surface area contributed by atoms with E-state index in [1.54, 1.807) is 16.8 Å². The second kappa shape index (κ2) is 8.21. The minimum atomic E-state index is -0.0155. The SMILES string of the molecule is Cc1cc(=O)c2ccccc2n1CC(=O)N1CCC[C@H](c2ccn(CCO)n2)C1. The van der Waals surface area contributed by atoms with E-state index < -0.39 is 0 Å². The lowest BCUT2D eigenvalue weighted by molar-refractivity contribution is -0.133. The van der Waals surface area contributed by atoms with Crippen molar-refractivity contribution in [1.82, 2.24) is 19.2 Å². The Labute approximate surface area is 169 Å². The minimum absolute atomic E-state index is 0.0155. The molecule has 1 fully saturated rings. The van der Waals surface area contributed by atoms with Gasteiger partial charge in [-0.2, -0.15) is 5.10 Å². The second-order valence-electron chi connectivity index (χ2n) is 7.66. The molecule has 1 aromatic carbocycles. The van der Waals surface area contributed by atoms with Crippen LogP contribution in [0, 0.1) is 6.92 Å². The van der Waals surface area contributed by atoms with Gasteiger partial charge in [-0.15, -0.1) is 0 Å². The van der Waals surface area contributed by atoms with E-state index in [1.807, 2.05) is 46.9 Å². The fourth-order valence-electron chi connectivity index (χ4n) is 4.17. The molecule has 3 aromatic rings. The Balaban J connectivity index is 1.53. The van der Waals surface area contributed by atoms with Crippen molar-refractivity contribution in [2.45, 2.75) is 38.8 Å². The number of piperidine rings is 1. The highest BCUT2D eigenvalue weighted by Gasteiger charge is 2.26. The Hall–Kier alpha value is -2.93. The number of benzene rings is 1. The molecule has 1 amide bonds. The summed E-state index contributed by atoms with van der Waals surface area (Å²) in [6, 6.07) is 11.0. The van der Waals surface area contributed by atoms with E-state index in [0.29, 0.717) is 18.5 Å². The summed E-state index contributed by atoms with van der Waals surface area (Å²) >= 11 is 0. The molecule has 1 N–H and O–H groups in total. The van der Waals surface area contributed by atoms with Crippen molar-refractivity contribution < 1.29 is 9.90 Å². The van der Waals surface area contributed by atoms with Gasteiger partial charge in [-0.3, -0.25) is 14.3 Å². The predicted octanol–water partition coefficient (Wildman–Crippen LogP) is 1.90. The van der Waals surface area contributed by atoms with Gasteiger partial charge in [-0.25, -0.2) is 0 Å². The smallest absolute Gasteiger partial charge is 0.242 e. The molecule has 1 aliphatic heterocycles. The summed E-state index contributed by atoms with van der Waals surface area (Å²) in [6.07, 6.45) is 3.81. The highest BCUT2D eigenvalue weighted by atomic mass is 16.3. The van der Waals surface area contributed by atoms with Gasteiger partial charge in [-0.1, -0.05) is 12.1 Å². The Morgan fingerprint density at radius 1 is 1.28 bits per heavy atom. The van der Waals surface area contributed by atoms with Gasteiger partial charge >= 0.3 is 0 Å². The average Bonchev–Trinajstić information content (AvgIpc) is 3.20. The number of hydrogen-bond donors (Lipinski definition) is 1. The molecule has 29 heavy (non-hydrogen) atoms. The van der Waals surface area contributed by atoms with E-state index in [-0.39, 0.29) is 30.4 Å². The van der Waals surface area contributed by atoms with E-state index in [4.69, 9.17) is 5.11 Å². The van der Waals surface area contributed by atoms with E-state index in [0.717, 1.165) is 36.3 Å². The largest absolute Gasteiger partial charge is 0.394 e. The lowest BCUT2D eigenvalue weighted by Gasteiger charge is -2.32. The predicted molar refractivity (Wildman–Crippen MR) is 111 cm³/mol. The quantitative estimate of drug-likeness (QED) is 0.717. The molecule has 0 spiro atoms. The zero-order valence-electron chi connectivity index (χ0n) is 16.6. The van der Waals surface area contributed by atoms with Gasteiger partial charge in [-0.05, 0) is 38.0 Å². The molecule has 0 radical (unpaired) electrons. The van der Waals surface area contributed by atoms with Crippen LogP contribution in [-0.4, -0.2) is 50.0 Å². The van der Waals surface area contributed by atoms with Crippen LogP contribution in [0.25, 0.3) is 10.9 Å². The second-order valence-corrected chi connectivity index (χ2v) is 7.66. The van der Waals surface area contributed by atoms with Crippen molar-refractivity contribution in [2.24, 2.45) is 0 Å². The molecule has 0 saturated carbocycles. The molecule has 3 heterocycles. The third-order valence-electron chi connectivity index (χ3n) is 5.70. The molecule has 1 aliphatic rings. The Morgan fingerprint density at radius 3 is 2.93 bits per heavy atom. The molecule has 152 valence electrons. The van der Waals surface area contributed by atoms with E-state index >= 15 is 0 Å². The molecule has 7 heteroatoms. The Kier molecular flexibility index (Phi) is 5.49. The minimum Gasteiger partial charge on any atom is -0.394 e. The molecule has 7 nitrogen and oxygen atoms in total. The molecular weight excluding hydrogens is 368 g/mol. The molecule has 0 bridgehead atoms. The Bertz CT molecular complexity index is 1090. The van der Waals surface area contributed by atoms with E-state index in [1.165, 1.54) is 0 Å². The molecule has 1 saturated heterocycles. The average molecular weight is 394 g/mol. The van der Waals surface area contributed by atoms with Crippen molar-refractivity contribution in [1.29, 1.82) is 0 Å². The maximum atomic E-state index is 13.1. The zero-order valence-corrected chi connectivity index (χ0v) is 16.6. The number of nitrogens with zero attached hydrogens (tertiary/aromatic N) is 4. The molecule has 4 rings (SSSR count). The summed E-state index contributed by atoms with van der Waals surface area (Å²) in [4.78, 5) is 27.3. The summed E-state index contributed by atoms with van der Waals surface area (Å²) in [6.45, 7) is 4.01. The van der Waals surface area contributed by atoms with Crippen molar-refractivity contribution in [3.8, 4) is 0 Å². The highest BCUT2D eigenvalue weighted by molar-refractivity contribution is 5.82. The van der Waals surface area contributed by atoms with Crippen LogP contribution in [0.3, 0.4) is 0 Å². The molecule has 2 aromatic heterocycles. The first-order valence-electron chi connectivity index (χ1n) is 10.1. The molecule has 0 aliphatic carbocycles. The number of carbonyl (C=O) groups is 1. The number of pyridine rings is 1. The number of rotatable bonds is 5. The van der Waals surface area contributed by atoms with Gasteiger partial charge in [0.1, 0.15) is 6.54 Å². The fraction of sp³-hybridized carbons (Fsp3) is 0.409. The maximum absolute atomic E-state index is 13.1. The van der Waals surface area contributed by atoms with Crippen LogP contribution in [0.15, 0.2) is 47.4 Å². The molecule has 1 atom stereocenters. The lowest BCUT2D eigenvalue weighted by Crippen LogP contribution is -2.41. The van der Waals surface area contributed by atoms with Gasteiger partial charge in [0.15, 0.2) is 5.43 Å². The summed E-state index contributed by atoms with van der Waals surface area (Å²) in [5.74, 6) is 0.265. The number of amides is 1. The number of likely N-dealkylation sites (tertiary alicyclic amines) is 1. The number of aliphatic hydroxyl groups is 1. The first-order valence-corrected chi connectivity index (χ1v) is 10.1. The van der Waals surface area contributed by atoms with Crippen LogP contribution in [0.4, 0.5) is 0 Å². The number of aryl methyl sites for hydroxylation is 1. The monoisotopic (exact) mass is 394 g/mol.